The number of anilines is 1. The maximum Gasteiger partial charge on any atom is 0.224 e. The zero-order valence-corrected chi connectivity index (χ0v) is 12.0. The van der Waals surface area contributed by atoms with E-state index in [2.05, 4.69) is 26.2 Å². The lowest BCUT2D eigenvalue weighted by molar-refractivity contribution is -0.116. The highest BCUT2D eigenvalue weighted by Crippen LogP contribution is 2.23. The molecule has 1 saturated heterocycles. The summed E-state index contributed by atoms with van der Waals surface area (Å²) in [5, 5.41) is 2.72. The lowest BCUT2D eigenvalue weighted by Crippen LogP contribution is -2.17. The predicted octanol–water partition coefficient (Wildman–Crippen LogP) is 1.61. The molecule has 0 radical (unpaired) electrons. The summed E-state index contributed by atoms with van der Waals surface area (Å²) in [4.78, 5) is 15.8. The monoisotopic (exact) mass is 332 g/mol. The van der Waals surface area contributed by atoms with Crippen LogP contribution in [0.1, 0.15) is 12.8 Å². The molecule has 98 valence electrons. The highest BCUT2D eigenvalue weighted by molar-refractivity contribution is 9.10. The van der Waals surface area contributed by atoms with E-state index in [1.807, 2.05) is 0 Å². The first-order valence-corrected chi connectivity index (χ1v) is 8.18. The van der Waals surface area contributed by atoms with Crippen molar-refractivity contribution in [1.29, 1.82) is 0 Å². The molecule has 1 unspecified atom stereocenters. The van der Waals surface area contributed by atoms with Crippen molar-refractivity contribution in [2.75, 3.05) is 16.8 Å². The molecule has 1 amide bonds. The first-order chi connectivity index (χ1) is 8.46. The summed E-state index contributed by atoms with van der Waals surface area (Å²) in [5.74, 6) is 0.0761. The molecule has 7 heteroatoms. The molecule has 1 N–H and O–H groups in total. The summed E-state index contributed by atoms with van der Waals surface area (Å²) in [6, 6.07) is 3.46. The molecule has 0 spiro atoms. The first-order valence-electron chi connectivity index (χ1n) is 5.57. The average Bonchev–Trinajstić information content (AvgIpc) is 2.61. The van der Waals surface area contributed by atoms with Crippen molar-refractivity contribution in [2.45, 2.75) is 12.8 Å². The van der Waals surface area contributed by atoms with Crippen molar-refractivity contribution < 1.29 is 13.2 Å². The molecule has 0 saturated carbocycles. The van der Waals surface area contributed by atoms with Crippen LogP contribution in [0.4, 0.5) is 5.69 Å². The molecule has 1 aromatic rings. The molecule has 1 aliphatic heterocycles. The van der Waals surface area contributed by atoms with E-state index < -0.39 is 9.84 Å². The number of aromatic nitrogens is 1. The van der Waals surface area contributed by atoms with Crippen LogP contribution in [0.3, 0.4) is 0 Å². The molecule has 2 heterocycles. The summed E-state index contributed by atoms with van der Waals surface area (Å²) < 4.78 is 23.1. The molecule has 0 aliphatic carbocycles. The van der Waals surface area contributed by atoms with E-state index in [1.165, 1.54) is 0 Å². The van der Waals surface area contributed by atoms with Crippen LogP contribution < -0.4 is 5.32 Å². The highest BCUT2D eigenvalue weighted by atomic mass is 79.9. The van der Waals surface area contributed by atoms with E-state index in [4.69, 9.17) is 0 Å². The Hall–Kier alpha value is -0.950. The van der Waals surface area contributed by atoms with Gasteiger partial charge in [0.25, 0.3) is 0 Å². The van der Waals surface area contributed by atoms with Crippen LogP contribution >= 0.6 is 15.9 Å². The summed E-state index contributed by atoms with van der Waals surface area (Å²) in [5.41, 5.74) is 0.600. The van der Waals surface area contributed by atoms with Gasteiger partial charge in [-0.25, -0.2) is 13.4 Å². The molecule has 0 bridgehead atoms. The van der Waals surface area contributed by atoms with Crippen LogP contribution in [0.2, 0.25) is 0 Å². The Bertz CT molecular complexity index is 559. The van der Waals surface area contributed by atoms with Crippen molar-refractivity contribution in [3.63, 3.8) is 0 Å². The Labute approximate surface area is 114 Å². The summed E-state index contributed by atoms with van der Waals surface area (Å²) in [7, 11) is -2.92. The lowest BCUT2D eigenvalue weighted by Gasteiger charge is -2.09. The van der Waals surface area contributed by atoms with Gasteiger partial charge in [-0.1, -0.05) is 0 Å². The Balaban J connectivity index is 1.92. The van der Waals surface area contributed by atoms with Gasteiger partial charge in [0.1, 0.15) is 4.60 Å². The fourth-order valence-electron chi connectivity index (χ4n) is 1.98. The van der Waals surface area contributed by atoms with Crippen LogP contribution in [-0.4, -0.2) is 30.8 Å². The fraction of sp³-hybridized carbons (Fsp3) is 0.455. The topological polar surface area (TPSA) is 76.1 Å². The third-order valence-corrected chi connectivity index (χ3v) is 5.30. The van der Waals surface area contributed by atoms with Gasteiger partial charge >= 0.3 is 0 Å². The van der Waals surface area contributed by atoms with Crippen molar-refractivity contribution >= 4 is 37.4 Å². The maximum absolute atomic E-state index is 11.8. The van der Waals surface area contributed by atoms with Crippen LogP contribution in [0.5, 0.6) is 0 Å². The molecule has 18 heavy (non-hydrogen) atoms. The number of halogens is 1. The number of nitrogens with zero attached hydrogens (tertiary/aromatic N) is 1. The van der Waals surface area contributed by atoms with Gasteiger partial charge in [0.05, 0.1) is 17.2 Å². The molecule has 5 nitrogen and oxygen atoms in total. The highest BCUT2D eigenvalue weighted by Gasteiger charge is 2.29. The minimum Gasteiger partial charge on any atom is -0.324 e. The largest absolute Gasteiger partial charge is 0.324 e. The van der Waals surface area contributed by atoms with Crippen LogP contribution in [0, 0.1) is 5.92 Å². The molecule has 0 aromatic carbocycles. The van der Waals surface area contributed by atoms with Crippen molar-refractivity contribution in [2.24, 2.45) is 5.92 Å². The molecule has 1 fully saturated rings. The van der Waals surface area contributed by atoms with E-state index in [1.54, 1.807) is 18.3 Å². The van der Waals surface area contributed by atoms with Crippen molar-refractivity contribution in [3.05, 3.63) is 22.9 Å². The van der Waals surface area contributed by atoms with Gasteiger partial charge in [0.15, 0.2) is 9.84 Å². The number of carbonyl (C=O) groups excluding carboxylic acids is 1. The Morgan fingerprint density at radius 1 is 1.56 bits per heavy atom. The molecule has 1 atom stereocenters. The van der Waals surface area contributed by atoms with Gasteiger partial charge < -0.3 is 5.32 Å². The standard InChI is InChI=1S/C11H13BrN2O3S/c12-11-9(2-1-4-13-11)14-10(15)6-8-3-5-18(16,17)7-8/h1-2,4,8H,3,5-7H2,(H,14,15). The minimum absolute atomic E-state index is 0.0644. The van der Waals surface area contributed by atoms with E-state index in [9.17, 15) is 13.2 Å². The first kappa shape index (κ1) is 13.5. The second-order valence-electron chi connectivity index (χ2n) is 4.36. The molecule has 1 aromatic heterocycles. The number of nitrogens with one attached hydrogen (secondary N) is 1. The second-order valence-corrected chi connectivity index (χ2v) is 7.34. The van der Waals surface area contributed by atoms with Gasteiger partial charge in [0, 0.05) is 12.6 Å². The number of amides is 1. The minimum atomic E-state index is -2.92. The Morgan fingerprint density at radius 2 is 2.33 bits per heavy atom. The predicted molar refractivity (Wildman–Crippen MR) is 71.9 cm³/mol. The number of hydrogen-bond donors (Lipinski definition) is 1. The number of pyridine rings is 1. The SMILES string of the molecule is O=C(CC1CCS(=O)(=O)C1)Nc1cccnc1Br. The Morgan fingerprint density at radius 3 is 2.94 bits per heavy atom. The number of rotatable bonds is 3. The summed E-state index contributed by atoms with van der Waals surface area (Å²) in [6.07, 6.45) is 2.42. The molecule has 2 rings (SSSR count). The fourth-order valence-corrected chi connectivity index (χ4v) is 4.19. The summed E-state index contributed by atoms with van der Waals surface area (Å²) >= 11 is 3.23. The van der Waals surface area contributed by atoms with E-state index in [0.717, 1.165) is 0 Å². The second kappa shape index (κ2) is 5.36. The van der Waals surface area contributed by atoms with E-state index in [0.29, 0.717) is 16.7 Å². The van der Waals surface area contributed by atoms with Gasteiger partial charge in [-0.2, -0.15) is 0 Å². The zero-order chi connectivity index (χ0) is 13.2. The smallest absolute Gasteiger partial charge is 0.224 e. The van der Waals surface area contributed by atoms with Gasteiger partial charge in [0.2, 0.25) is 5.91 Å². The van der Waals surface area contributed by atoms with Crippen molar-refractivity contribution in [3.8, 4) is 0 Å². The maximum atomic E-state index is 11.8. The molecular formula is C11H13BrN2O3S. The van der Waals surface area contributed by atoms with Gasteiger partial charge in [-0.3, -0.25) is 4.79 Å². The average molecular weight is 333 g/mol. The van der Waals surface area contributed by atoms with Gasteiger partial charge in [-0.05, 0) is 40.4 Å². The Kier molecular flexibility index (Phi) is 4.01. The number of carbonyl (C=O) groups is 1. The van der Waals surface area contributed by atoms with Crippen LogP contribution in [-0.2, 0) is 14.6 Å². The zero-order valence-electron chi connectivity index (χ0n) is 9.60. The lowest BCUT2D eigenvalue weighted by atomic mass is 10.1. The molecule has 1 aliphatic rings. The van der Waals surface area contributed by atoms with E-state index >= 15 is 0 Å². The normalized spacial score (nSPS) is 21.7. The van der Waals surface area contributed by atoms with Crippen LogP contribution in [0.15, 0.2) is 22.9 Å². The van der Waals surface area contributed by atoms with Crippen LogP contribution in [0.25, 0.3) is 0 Å². The van der Waals surface area contributed by atoms with Gasteiger partial charge in [-0.15, -0.1) is 0 Å². The quantitative estimate of drug-likeness (QED) is 0.853. The number of hydrogen-bond acceptors (Lipinski definition) is 4. The third-order valence-electron chi connectivity index (χ3n) is 2.83. The molecular weight excluding hydrogens is 320 g/mol. The van der Waals surface area contributed by atoms with Crippen molar-refractivity contribution in [1.82, 2.24) is 4.98 Å². The number of sulfone groups is 1. The van der Waals surface area contributed by atoms with E-state index in [-0.39, 0.29) is 29.8 Å². The summed E-state index contributed by atoms with van der Waals surface area (Å²) in [6.45, 7) is 0. The third kappa shape index (κ3) is 3.52.